The molecule has 0 fully saturated rings. The van der Waals surface area contributed by atoms with Gasteiger partial charge in [0, 0.05) is 6.20 Å². The predicted octanol–water partition coefficient (Wildman–Crippen LogP) is 3.90. The fourth-order valence-electron chi connectivity index (χ4n) is 2.50. The first-order valence-corrected chi connectivity index (χ1v) is 8.88. The molecule has 1 aromatic heterocycles. The summed E-state index contributed by atoms with van der Waals surface area (Å²) in [7, 11) is 2.94. The summed E-state index contributed by atoms with van der Waals surface area (Å²) >= 11 is 0. The van der Waals surface area contributed by atoms with Crippen molar-refractivity contribution in [3.8, 4) is 11.5 Å². The normalized spacial score (nSPS) is 10.6. The van der Waals surface area contributed by atoms with E-state index in [0.717, 1.165) is 11.1 Å². The van der Waals surface area contributed by atoms with Crippen LogP contribution in [0.2, 0.25) is 0 Å². The van der Waals surface area contributed by atoms with E-state index in [9.17, 15) is 4.79 Å². The molecule has 0 amide bonds. The topological polar surface area (TPSA) is 82.0 Å². The lowest BCUT2D eigenvalue weighted by molar-refractivity contribution is 0.0600. The summed E-state index contributed by atoms with van der Waals surface area (Å²) in [5.41, 5.74) is 5.13. The number of carbonyl (C=O) groups excluding carboxylic acids is 1. The number of ether oxygens (including phenoxy) is 3. The molecule has 29 heavy (non-hydrogen) atoms. The Bertz CT molecular complexity index is 973. The Kier molecular flexibility index (Phi) is 6.78. The van der Waals surface area contributed by atoms with Crippen LogP contribution in [0.25, 0.3) is 0 Å². The number of rotatable bonds is 8. The first kappa shape index (κ1) is 19.9. The highest BCUT2D eigenvalue weighted by atomic mass is 16.5. The minimum atomic E-state index is -0.367. The van der Waals surface area contributed by atoms with E-state index in [2.05, 4.69) is 15.5 Å². The van der Waals surface area contributed by atoms with Crippen molar-refractivity contribution in [2.75, 3.05) is 19.6 Å². The molecular formula is C22H21N3O4. The molecule has 0 saturated carbocycles. The van der Waals surface area contributed by atoms with Gasteiger partial charge in [0.1, 0.15) is 12.4 Å². The highest BCUT2D eigenvalue weighted by Gasteiger charge is 2.07. The number of nitrogens with zero attached hydrogens (tertiary/aromatic N) is 2. The first-order chi connectivity index (χ1) is 14.2. The number of hydrazone groups is 1. The number of methoxy groups -OCH3 is 2. The minimum Gasteiger partial charge on any atom is -0.493 e. The molecule has 0 spiro atoms. The molecule has 2 aromatic carbocycles. The van der Waals surface area contributed by atoms with Crippen LogP contribution in [0.4, 0.5) is 5.82 Å². The second-order valence-electron chi connectivity index (χ2n) is 5.97. The molecule has 0 saturated heterocycles. The highest BCUT2D eigenvalue weighted by Crippen LogP contribution is 2.28. The molecule has 0 unspecified atom stereocenters. The molecule has 0 bridgehead atoms. The maximum atomic E-state index is 11.5. The third-order valence-corrected chi connectivity index (χ3v) is 4.01. The van der Waals surface area contributed by atoms with Crippen LogP contribution in [-0.2, 0) is 11.3 Å². The van der Waals surface area contributed by atoms with Gasteiger partial charge in [-0.15, -0.1) is 0 Å². The van der Waals surface area contributed by atoms with E-state index in [4.69, 9.17) is 14.2 Å². The number of benzene rings is 2. The predicted molar refractivity (Wildman–Crippen MR) is 111 cm³/mol. The van der Waals surface area contributed by atoms with Crippen molar-refractivity contribution >= 4 is 18.0 Å². The summed E-state index contributed by atoms with van der Waals surface area (Å²) in [6.45, 7) is 0.340. The van der Waals surface area contributed by atoms with Crippen LogP contribution >= 0.6 is 0 Å². The van der Waals surface area contributed by atoms with Gasteiger partial charge < -0.3 is 14.2 Å². The van der Waals surface area contributed by atoms with Crippen LogP contribution in [0.1, 0.15) is 21.5 Å². The molecule has 7 heteroatoms. The third-order valence-electron chi connectivity index (χ3n) is 4.01. The second-order valence-corrected chi connectivity index (χ2v) is 5.97. The van der Waals surface area contributed by atoms with Crippen molar-refractivity contribution < 1.29 is 19.0 Å². The Morgan fingerprint density at radius 2 is 1.90 bits per heavy atom. The maximum Gasteiger partial charge on any atom is 0.337 e. The maximum absolute atomic E-state index is 11.5. The van der Waals surface area contributed by atoms with Gasteiger partial charge in [0.15, 0.2) is 11.5 Å². The Hall–Kier alpha value is -3.87. The Morgan fingerprint density at radius 3 is 2.59 bits per heavy atom. The molecule has 3 aromatic rings. The molecule has 0 atom stereocenters. The van der Waals surface area contributed by atoms with E-state index >= 15 is 0 Å². The number of aromatic nitrogens is 1. The van der Waals surface area contributed by atoms with Gasteiger partial charge in [-0.25, -0.2) is 9.78 Å². The van der Waals surface area contributed by atoms with E-state index in [-0.39, 0.29) is 5.97 Å². The van der Waals surface area contributed by atoms with E-state index in [1.165, 1.54) is 7.11 Å². The van der Waals surface area contributed by atoms with Gasteiger partial charge >= 0.3 is 5.97 Å². The van der Waals surface area contributed by atoms with Gasteiger partial charge in [0.25, 0.3) is 0 Å². The zero-order chi connectivity index (χ0) is 20.5. The van der Waals surface area contributed by atoms with Crippen molar-refractivity contribution in [2.24, 2.45) is 5.10 Å². The average Bonchev–Trinajstić information content (AvgIpc) is 2.78. The van der Waals surface area contributed by atoms with Crippen molar-refractivity contribution in [1.82, 2.24) is 4.98 Å². The number of nitrogens with one attached hydrogen (secondary N) is 1. The van der Waals surface area contributed by atoms with E-state index < -0.39 is 0 Å². The van der Waals surface area contributed by atoms with Crippen molar-refractivity contribution in [3.05, 3.63) is 83.6 Å². The summed E-state index contributed by atoms with van der Waals surface area (Å²) in [4.78, 5) is 15.6. The van der Waals surface area contributed by atoms with Gasteiger partial charge in [0.05, 0.1) is 26.0 Å². The van der Waals surface area contributed by atoms with Gasteiger partial charge in [-0.1, -0.05) is 18.2 Å². The zero-order valence-electron chi connectivity index (χ0n) is 16.2. The van der Waals surface area contributed by atoms with Crippen molar-refractivity contribution in [2.45, 2.75) is 6.61 Å². The largest absolute Gasteiger partial charge is 0.493 e. The molecule has 3 rings (SSSR count). The Morgan fingerprint density at radius 1 is 1.07 bits per heavy atom. The van der Waals surface area contributed by atoms with E-state index in [0.29, 0.717) is 29.5 Å². The standard InChI is InChI=1S/C22H21N3O4/c1-27-20-13-17(14-24-25-21-5-3-4-12-23-21)8-11-19(20)29-15-16-6-9-18(10-7-16)22(26)28-2/h3-14H,15H2,1-2H3,(H,23,25)/b24-14-. The molecule has 0 radical (unpaired) electrons. The molecule has 0 aliphatic carbocycles. The molecule has 1 heterocycles. The fraction of sp³-hybridized carbons (Fsp3) is 0.136. The van der Waals surface area contributed by atoms with Crippen molar-refractivity contribution in [3.63, 3.8) is 0 Å². The molecule has 0 aliphatic rings. The summed E-state index contributed by atoms with van der Waals surface area (Å²) < 4.78 is 16.0. The Balaban J connectivity index is 1.62. The quantitative estimate of drug-likeness (QED) is 0.356. The lowest BCUT2D eigenvalue weighted by Gasteiger charge is -2.11. The summed E-state index contributed by atoms with van der Waals surface area (Å²) in [6, 6.07) is 18.1. The molecular weight excluding hydrogens is 370 g/mol. The lowest BCUT2D eigenvalue weighted by Crippen LogP contribution is -2.02. The first-order valence-electron chi connectivity index (χ1n) is 8.88. The summed E-state index contributed by atoms with van der Waals surface area (Å²) in [5, 5.41) is 4.17. The number of pyridine rings is 1. The van der Waals surface area contributed by atoms with Gasteiger partial charge in [-0.2, -0.15) is 5.10 Å². The van der Waals surface area contributed by atoms with Crippen LogP contribution in [0.15, 0.2) is 72.0 Å². The van der Waals surface area contributed by atoms with Crippen molar-refractivity contribution in [1.29, 1.82) is 0 Å². The van der Waals surface area contributed by atoms with E-state index in [1.54, 1.807) is 31.7 Å². The molecule has 148 valence electrons. The SMILES string of the molecule is COC(=O)c1ccc(COc2ccc(/C=N\Nc3ccccn3)cc2OC)cc1. The number of esters is 1. The fourth-order valence-corrected chi connectivity index (χ4v) is 2.50. The van der Waals surface area contributed by atoms with Crippen LogP contribution in [-0.4, -0.2) is 31.4 Å². The molecule has 7 nitrogen and oxygen atoms in total. The Labute approximate surface area is 169 Å². The second kappa shape index (κ2) is 9.89. The van der Waals surface area contributed by atoms with Crippen LogP contribution in [0.5, 0.6) is 11.5 Å². The van der Waals surface area contributed by atoms with Gasteiger partial charge in [-0.3, -0.25) is 5.43 Å². The molecule has 0 aliphatic heterocycles. The van der Waals surface area contributed by atoms with Gasteiger partial charge in [0.2, 0.25) is 0 Å². The average molecular weight is 391 g/mol. The van der Waals surface area contributed by atoms with Crippen LogP contribution in [0, 0.1) is 0 Å². The van der Waals surface area contributed by atoms with Crippen LogP contribution in [0.3, 0.4) is 0 Å². The zero-order valence-corrected chi connectivity index (χ0v) is 16.2. The summed E-state index contributed by atoms with van der Waals surface area (Å²) in [5.74, 6) is 1.50. The number of anilines is 1. The monoisotopic (exact) mass is 391 g/mol. The smallest absolute Gasteiger partial charge is 0.337 e. The number of carbonyl (C=O) groups is 1. The summed E-state index contributed by atoms with van der Waals surface area (Å²) in [6.07, 6.45) is 3.36. The minimum absolute atomic E-state index is 0.340. The molecule has 1 N–H and O–H groups in total. The van der Waals surface area contributed by atoms with E-state index in [1.807, 2.05) is 48.5 Å². The lowest BCUT2D eigenvalue weighted by atomic mass is 10.1. The number of hydrogen-bond donors (Lipinski definition) is 1. The number of hydrogen-bond acceptors (Lipinski definition) is 7. The van der Waals surface area contributed by atoms with Gasteiger partial charge in [-0.05, 0) is 53.6 Å². The highest BCUT2D eigenvalue weighted by molar-refractivity contribution is 5.89. The van der Waals surface area contributed by atoms with Crippen LogP contribution < -0.4 is 14.9 Å². The third kappa shape index (κ3) is 5.55.